The summed E-state index contributed by atoms with van der Waals surface area (Å²) in [5, 5.41) is 0.551. The van der Waals surface area contributed by atoms with Crippen LogP contribution in [0.25, 0.3) is 0 Å². The maximum absolute atomic E-state index is 12.3. The van der Waals surface area contributed by atoms with Gasteiger partial charge in [0.05, 0.1) is 10.6 Å². The van der Waals surface area contributed by atoms with E-state index in [1.54, 1.807) is 12.1 Å². The van der Waals surface area contributed by atoms with Crippen LogP contribution in [0, 0.1) is 0 Å². The average molecular weight is 272 g/mol. The van der Waals surface area contributed by atoms with Gasteiger partial charge in [0.25, 0.3) is 5.91 Å². The van der Waals surface area contributed by atoms with Crippen LogP contribution in [0.3, 0.4) is 0 Å². The third kappa shape index (κ3) is 2.96. The van der Waals surface area contributed by atoms with Gasteiger partial charge in [-0.2, -0.15) is 0 Å². The van der Waals surface area contributed by atoms with E-state index in [9.17, 15) is 4.79 Å². The molecule has 2 nitrogen and oxygen atoms in total. The number of hydrogen-bond acceptors (Lipinski definition) is 1. The Labute approximate surface area is 109 Å². The predicted octanol–water partition coefficient (Wildman–Crippen LogP) is 2.86. The summed E-state index contributed by atoms with van der Waals surface area (Å²) < 4.78 is 0. The van der Waals surface area contributed by atoms with Crippen molar-refractivity contribution in [3.05, 3.63) is 34.9 Å². The number of rotatable bonds is 1. The Bertz CT molecular complexity index is 423. The van der Waals surface area contributed by atoms with Gasteiger partial charge in [0.1, 0.15) is 0 Å². The summed E-state index contributed by atoms with van der Waals surface area (Å²) in [6.45, 7) is 1.73. The molecule has 1 amide bonds. The van der Waals surface area contributed by atoms with Gasteiger partial charge in [-0.15, -0.1) is 0 Å². The third-order valence-electron chi connectivity index (χ3n) is 3.22. The molecule has 0 N–H and O–H groups in total. The van der Waals surface area contributed by atoms with E-state index in [2.05, 4.69) is 12.5 Å². The van der Waals surface area contributed by atoms with Crippen molar-refractivity contribution in [2.24, 2.45) is 0 Å². The molecule has 0 aliphatic carbocycles. The summed E-state index contributed by atoms with van der Waals surface area (Å²) in [5.74, 6) is 2.36. The summed E-state index contributed by atoms with van der Waals surface area (Å²) in [5.41, 5.74) is 0.629. The summed E-state index contributed by atoms with van der Waals surface area (Å²) in [7, 11) is -0.468. The Morgan fingerprint density at radius 1 is 1.24 bits per heavy atom. The first-order chi connectivity index (χ1) is 7.99. The molecule has 1 aliphatic heterocycles. The molecule has 1 aromatic carbocycles. The lowest BCUT2D eigenvalue weighted by atomic mass is 10.2. The maximum atomic E-state index is 12.3. The molecule has 17 heavy (non-hydrogen) atoms. The van der Waals surface area contributed by atoms with Crippen LogP contribution < -0.4 is 0 Å². The minimum atomic E-state index is -0.468. The highest BCUT2D eigenvalue weighted by atomic mass is 35.5. The second-order valence-electron chi connectivity index (χ2n) is 4.95. The zero-order valence-corrected chi connectivity index (χ0v) is 11.9. The Morgan fingerprint density at radius 3 is 2.41 bits per heavy atom. The van der Waals surface area contributed by atoms with Crippen molar-refractivity contribution in [1.29, 1.82) is 0 Å². The topological polar surface area (TPSA) is 20.3 Å². The second-order valence-corrected chi connectivity index (χ2v) is 9.71. The highest BCUT2D eigenvalue weighted by Crippen LogP contribution is 2.41. The fourth-order valence-electron chi connectivity index (χ4n) is 1.94. The van der Waals surface area contributed by atoms with Gasteiger partial charge in [0.15, 0.2) is 0 Å². The smallest absolute Gasteiger partial charge is 0.255 e. The van der Waals surface area contributed by atoms with Crippen molar-refractivity contribution >= 4 is 27.5 Å². The number of benzene rings is 1. The minimum absolute atomic E-state index is 0.0745. The van der Waals surface area contributed by atoms with Gasteiger partial charge in [-0.05, 0) is 36.1 Å². The van der Waals surface area contributed by atoms with Crippen molar-refractivity contribution in [3.63, 3.8) is 0 Å². The Hall–Kier alpha value is -0.670. The third-order valence-corrected chi connectivity index (χ3v) is 6.12. The van der Waals surface area contributed by atoms with Crippen molar-refractivity contribution in [2.75, 3.05) is 37.1 Å². The lowest BCUT2D eigenvalue weighted by Crippen LogP contribution is -2.41. The van der Waals surface area contributed by atoms with Gasteiger partial charge < -0.3 is 4.90 Å². The van der Waals surface area contributed by atoms with E-state index < -0.39 is 10.0 Å². The first kappa shape index (κ1) is 12.8. The van der Waals surface area contributed by atoms with Crippen LogP contribution >= 0.6 is 21.6 Å². The van der Waals surface area contributed by atoms with Crippen molar-refractivity contribution in [1.82, 2.24) is 4.90 Å². The van der Waals surface area contributed by atoms with Crippen molar-refractivity contribution in [2.45, 2.75) is 0 Å². The lowest BCUT2D eigenvalue weighted by molar-refractivity contribution is 0.0771. The molecule has 1 aromatic rings. The Morgan fingerprint density at radius 2 is 1.82 bits per heavy atom. The lowest BCUT2D eigenvalue weighted by Gasteiger charge is -2.41. The van der Waals surface area contributed by atoms with Gasteiger partial charge in [-0.1, -0.05) is 23.7 Å². The fraction of sp³-hybridized carbons (Fsp3) is 0.462. The maximum Gasteiger partial charge on any atom is 0.255 e. The van der Waals surface area contributed by atoms with Crippen LogP contribution in [-0.4, -0.2) is 47.9 Å². The second kappa shape index (κ2) is 4.91. The molecule has 2 rings (SSSR count). The summed E-state index contributed by atoms with van der Waals surface area (Å²) in [4.78, 5) is 14.2. The highest BCUT2D eigenvalue weighted by molar-refractivity contribution is 8.32. The first-order valence-electron chi connectivity index (χ1n) is 5.72. The van der Waals surface area contributed by atoms with Crippen LogP contribution in [0.4, 0.5) is 0 Å². The van der Waals surface area contributed by atoms with Gasteiger partial charge in [0.2, 0.25) is 0 Å². The van der Waals surface area contributed by atoms with Crippen molar-refractivity contribution in [3.8, 4) is 0 Å². The molecule has 1 saturated heterocycles. The van der Waals surface area contributed by atoms with Gasteiger partial charge >= 0.3 is 0 Å². The fourth-order valence-corrected chi connectivity index (χ4v) is 3.79. The van der Waals surface area contributed by atoms with E-state index in [4.69, 9.17) is 11.6 Å². The monoisotopic (exact) mass is 271 g/mol. The normalized spacial score (nSPS) is 21.0. The number of carbonyl (C=O) groups excluding carboxylic acids is 1. The SMILES string of the molecule is CS1(C)CCN(C(=O)c2ccccc2Cl)CC1. The molecule has 1 heterocycles. The number of nitrogens with zero attached hydrogens (tertiary/aromatic N) is 1. The molecule has 0 atom stereocenters. The van der Waals surface area contributed by atoms with Gasteiger partial charge in [-0.3, -0.25) is 4.79 Å². The molecule has 1 aliphatic rings. The number of halogens is 1. The van der Waals surface area contributed by atoms with E-state index in [-0.39, 0.29) is 5.91 Å². The standard InChI is InChI=1S/C13H18ClNOS/c1-17(2)9-7-15(8-10-17)13(16)11-5-3-4-6-12(11)14/h3-6H,7-10H2,1-2H3. The Kier molecular flexibility index (Phi) is 3.69. The van der Waals surface area contributed by atoms with E-state index in [0.29, 0.717) is 10.6 Å². The van der Waals surface area contributed by atoms with E-state index in [0.717, 1.165) is 24.6 Å². The number of carbonyl (C=O) groups is 1. The zero-order chi connectivity index (χ0) is 12.5. The predicted molar refractivity (Wildman–Crippen MR) is 76.5 cm³/mol. The van der Waals surface area contributed by atoms with E-state index in [1.165, 1.54) is 0 Å². The van der Waals surface area contributed by atoms with Gasteiger partial charge in [-0.25, -0.2) is 10.0 Å². The van der Waals surface area contributed by atoms with Crippen LogP contribution in [0.1, 0.15) is 10.4 Å². The van der Waals surface area contributed by atoms with Crippen LogP contribution in [0.2, 0.25) is 5.02 Å². The van der Waals surface area contributed by atoms with E-state index >= 15 is 0 Å². The number of hydrogen-bond donors (Lipinski definition) is 0. The summed E-state index contributed by atoms with van der Waals surface area (Å²) >= 11 is 6.05. The molecule has 94 valence electrons. The molecular weight excluding hydrogens is 254 g/mol. The minimum Gasteiger partial charge on any atom is -0.337 e. The Balaban J connectivity index is 2.10. The van der Waals surface area contributed by atoms with E-state index in [1.807, 2.05) is 17.0 Å². The molecule has 4 heteroatoms. The molecular formula is C13H18ClNOS. The largest absolute Gasteiger partial charge is 0.337 e. The summed E-state index contributed by atoms with van der Waals surface area (Å²) in [6.07, 6.45) is 4.68. The molecule has 0 unspecified atom stereocenters. The molecule has 1 fully saturated rings. The quantitative estimate of drug-likeness (QED) is 0.769. The molecule has 0 aromatic heterocycles. The van der Waals surface area contributed by atoms with Crippen LogP contribution in [0.15, 0.2) is 24.3 Å². The highest BCUT2D eigenvalue weighted by Gasteiger charge is 2.25. The first-order valence-corrected chi connectivity index (χ1v) is 8.89. The van der Waals surface area contributed by atoms with Crippen LogP contribution in [-0.2, 0) is 0 Å². The molecule has 0 radical (unpaired) electrons. The average Bonchev–Trinajstić information content (AvgIpc) is 2.29. The molecule has 0 bridgehead atoms. The summed E-state index contributed by atoms with van der Waals surface area (Å²) in [6, 6.07) is 7.28. The zero-order valence-electron chi connectivity index (χ0n) is 10.3. The van der Waals surface area contributed by atoms with Crippen molar-refractivity contribution < 1.29 is 4.79 Å². The van der Waals surface area contributed by atoms with Crippen LogP contribution in [0.5, 0.6) is 0 Å². The van der Waals surface area contributed by atoms with Gasteiger partial charge in [0, 0.05) is 13.1 Å². The molecule has 0 spiro atoms. The number of amides is 1. The molecule has 0 saturated carbocycles.